The van der Waals surface area contributed by atoms with Gasteiger partial charge in [0.15, 0.2) is 0 Å². The highest BCUT2D eigenvalue weighted by Crippen LogP contribution is 2.32. The van der Waals surface area contributed by atoms with Crippen molar-refractivity contribution in [1.29, 1.82) is 0 Å². The third-order valence-electron chi connectivity index (χ3n) is 4.40. The van der Waals surface area contributed by atoms with Crippen LogP contribution < -0.4 is 10.2 Å². The van der Waals surface area contributed by atoms with Gasteiger partial charge in [0.05, 0.1) is 7.11 Å². The van der Waals surface area contributed by atoms with Crippen molar-refractivity contribution in [3.63, 3.8) is 0 Å². The lowest BCUT2D eigenvalue weighted by atomic mass is 9.97. The first kappa shape index (κ1) is 15.8. The summed E-state index contributed by atoms with van der Waals surface area (Å²) < 4.78 is 4.96. The number of para-hydroxylation sites is 1. The Balaban J connectivity index is 2.09. The number of hydrogen-bond donors (Lipinski definition) is 1. The SMILES string of the molecule is CCNC(C)(CCN1c2ccccc2CC1C)C(=O)OC. The monoisotopic (exact) mass is 290 g/mol. The van der Waals surface area contributed by atoms with Gasteiger partial charge in [-0.3, -0.25) is 4.79 Å². The maximum Gasteiger partial charge on any atom is 0.325 e. The second-order valence-corrected chi connectivity index (χ2v) is 5.98. The Morgan fingerprint density at radius 3 is 2.86 bits per heavy atom. The minimum absolute atomic E-state index is 0.190. The smallest absolute Gasteiger partial charge is 0.325 e. The van der Waals surface area contributed by atoms with Crippen molar-refractivity contribution in [1.82, 2.24) is 5.32 Å². The van der Waals surface area contributed by atoms with Crippen LogP contribution in [0, 0.1) is 0 Å². The number of likely N-dealkylation sites (N-methyl/N-ethyl adjacent to an activating group) is 1. The van der Waals surface area contributed by atoms with E-state index >= 15 is 0 Å². The molecule has 0 fully saturated rings. The molecule has 0 aliphatic carbocycles. The molecule has 2 unspecified atom stereocenters. The number of rotatable bonds is 6. The Morgan fingerprint density at radius 1 is 1.48 bits per heavy atom. The van der Waals surface area contributed by atoms with E-state index in [0.29, 0.717) is 6.04 Å². The molecule has 1 N–H and O–H groups in total. The first-order valence-electron chi connectivity index (χ1n) is 7.70. The number of ether oxygens (including phenoxy) is 1. The summed E-state index contributed by atoms with van der Waals surface area (Å²) in [6.45, 7) is 7.77. The van der Waals surface area contributed by atoms with Crippen LogP contribution in [0.2, 0.25) is 0 Å². The van der Waals surface area contributed by atoms with E-state index < -0.39 is 5.54 Å². The van der Waals surface area contributed by atoms with E-state index in [9.17, 15) is 4.79 Å². The molecular weight excluding hydrogens is 264 g/mol. The minimum atomic E-state index is -0.624. The molecule has 116 valence electrons. The van der Waals surface area contributed by atoms with Crippen LogP contribution in [-0.2, 0) is 16.0 Å². The molecule has 2 rings (SSSR count). The molecule has 0 amide bonds. The molecule has 1 aromatic rings. The van der Waals surface area contributed by atoms with Crippen LogP contribution in [0.5, 0.6) is 0 Å². The fourth-order valence-corrected chi connectivity index (χ4v) is 3.19. The fourth-order valence-electron chi connectivity index (χ4n) is 3.19. The molecular formula is C17H26N2O2. The van der Waals surface area contributed by atoms with Crippen LogP contribution in [-0.4, -0.2) is 37.7 Å². The minimum Gasteiger partial charge on any atom is -0.468 e. The van der Waals surface area contributed by atoms with Gasteiger partial charge in [0, 0.05) is 18.3 Å². The van der Waals surface area contributed by atoms with Crippen LogP contribution in [0.4, 0.5) is 5.69 Å². The van der Waals surface area contributed by atoms with Gasteiger partial charge in [0.1, 0.15) is 5.54 Å². The molecule has 2 atom stereocenters. The van der Waals surface area contributed by atoms with Crippen molar-refractivity contribution in [2.75, 3.05) is 25.1 Å². The zero-order valence-corrected chi connectivity index (χ0v) is 13.5. The standard InChI is InChI=1S/C17H26N2O2/c1-5-18-17(3,16(20)21-4)10-11-19-13(2)12-14-8-6-7-9-15(14)19/h6-9,13,18H,5,10-12H2,1-4H3. The van der Waals surface area contributed by atoms with Crippen molar-refractivity contribution >= 4 is 11.7 Å². The number of benzene rings is 1. The summed E-state index contributed by atoms with van der Waals surface area (Å²) in [5.41, 5.74) is 2.07. The second-order valence-electron chi connectivity index (χ2n) is 5.98. The molecule has 4 nitrogen and oxygen atoms in total. The van der Waals surface area contributed by atoms with E-state index in [1.54, 1.807) is 0 Å². The van der Waals surface area contributed by atoms with Crippen molar-refractivity contribution < 1.29 is 9.53 Å². The third-order valence-corrected chi connectivity index (χ3v) is 4.40. The summed E-state index contributed by atoms with van der Waals surface area (Å²) in [6, 6.07) is 9.00. The number of methoxy groups -OCH3 is 1. The lowest BCUT2D eigenvalue weighted by Gasteiger charge is -2.32. The summed E-state index contributed by atoms with van der Waals surface area (Å²) in [5.74, 6) is -0.190. The van der Waals surface area contributed by atoms with Gasteiger partial charge in [0.25, 0.3) is 0 Å². The van der Waals surface area contributed by atoms with E-state index in [1.165, 1.54) is 18.4 Å². The quantitative estimate of drug-likeness (QED) is 0.817. The van der Waals surface area contributed by atoms with Gasteiger partial charge in [-0.2, -0.15) is 0 Å². The molecule has 1 aromatic carbocycles. The van der Waals surface area contributed by atoms with Gasteiger partial charge in [0.2, 0.25) is 0 Å². The number of carbonyl (C=O) groups excluding carboxylic acids is 1. The zero-order chi connectivity index (χ0) is 15.5. The normalized spacial score (nSPS) is 20.0. The lowest BCUT2D eigenvalue weighted by Crippen LogP contribution is -2.52. The lowest BCUT2D eigenvalue weighted by molar-refractivity contribution is -0.148. The topological polar surface area (TPSA) is 41.6 Å². The Labute approximate surface area is 127 Å². The van der Waals surface area contributed by atoms with Crippen molar-refractivity contribution in [3.8, 4) is 0 Å². The average molecular weight is 290 g/mol. The predicted molar refractivity (Wildman–Crippen MR) is 85.7 cm³/mol. The van der Waals surface area contributed by atoms with Crippen LogP contribution in [0.25, 0.3) is 0 Å². The number of fused-ring (bicyclic) bond motifs is 1. The Morgan fingerprint density at radius 2 is 2.19 bits per heavy atom. The molecule has 0 saturated heterocycles. The number of esters is 1. The highest BCUT2D eigenvalue weighted by atomic mass is 16.5. The van der Waals surface area contributed by atoms with Gasteiger partial charge in [-0.1, -0.05) is 25.1 Å². The van der Waals surface area contributed by atoms with Gasteiger partial charge in [-0.05, 0) is 44.9 Å². The maximum atomic E-state index is 12.1. The Bertz CT molecular complexity index is 503. The molecule has 0 aromatic heterocycles. The molecule has 1 aliphatic rings. The van der Waals surface area contributed by atoms with Crippen molar-refractivity contribution in [2.24, 2.45) is 0 Å². The summed E-state index contributed by atoms with van der Waals surface area (Å²) >= 11 is 0. The van der Waals surface area contributed by atoms with Gasteiger partial charge < -0.3 is 15.0 Å². The highest BCUT2D eigenvalue weighted by Gasteiger charge is 2.35. The van der Waals surface area contributed by atoms with Crippen molar-refractivity contribution in [2.45, 2.75) is 45.2 Å². The van der Waals surface area contributed by atoms with Gasteiger partial charge >= 0.3 is 5.97 Å². The molecule has 21 heavy (non-hydrogen) atoms. The summed E-state index contributed by atoms with van der Waals surface area (Å²) in [4.78, 5) is 14.4. The van der Waals surface area contributed by atoms with E-state index in [4.69, 9.17) is 4.74 Å². The molecule has 1 heterocycles. The molecule has 0 bridgehead atoms. The number of hydrogen-bond acceptors (Lipinski definition) is 4. The molecule has 0 spiro atoms. The molecule has 0 saturated carbocycles. The molecule has 0 radical (unpaired) electrons. The summed E-state index contributed by atoms with van der Waals surface area (Å²) in [7, 11) is 1.45. The van der Waals surface area contributed by atoms with Crippen LogP contribution in [0.1, 0.15) is 32.8 Å². The first-order chi connectivity index (χ1) is 10.0. The molecule has 1 aliphatic heterocycles. The van der Waals surface area contributed by atoms with Crippen LogP contribution in [0.15, 0.2) is 24.3 Å². The Hall–Kier alpha value is -1.55. The van der Waals surface area contributed by atoms with Crippen LogP contribution in [0.3, 0.4) is 0 Å². The average Bonchev–Trinajstić information content (AvgIpc) is 2.80. The van der Waals surface area contributed by atoms with E-state index in [-0.39, 0.29) is 5.97 Å². The van der Waals surface area contributed by atoms with Crippen molar-refractivity contribution in [3.05, 3.63) is 29.8 Å². The van der Waals surface area contributed by atoms with E-state index in [2.05, 4.69) is 41.4 Å². The maximum absolute atomic E-state index is 12.1. The summed E-state index contributed by atoms with van der Waals surface area (Å²) in [5, 5.41) is 3.27. The van der Waals surface area contributed by atoms with E-state index in [1.807, 2.05) is 13.8 Å². The third kappa shape index (κ3) is 3.21. The highest BCUT2D eigenvalue weighted by molar-refractivity contribution is 5.80. The van der Waals surface area contributed by atoms with Gasteiger partial charge in [-0.15, -0.1) is 0 Å². The zero-order valence-electron chi connectivity index (χ0n) is 13.5. The second kappa shape index (κ2) is 6.48. The number of nitrogens with zero attached hydrogens (tertiary/aromatic N) is 1. The number of carbonyl (C=O) groups is 1. The van der Waals surface area contributed by atoms with E-state index in [0.717, 1.165) is 25.9 Å². The summed E-state index contributed by atoms with van der Waals surface area (Å²) in [6.07, 6.45) is 1.80. The number of nitrogens with one attached hydrogen (secondary N) is 1. The molecule has 4 heteroatoms. The van der Waals surface area contributed by atoms with Gasteiger partial charge in [-0.25, -0.2) is 0 Å². The Kier molecular flexibility index (Phi) is 4.88. The fraction of sp³-hybridized carbons (Fsp3) is 0.588. The predicted octanol–water partition coefficient (Wildman–Crippen LogP) is 2.37. The largest absolute Gasteiger partial charge is 0.468 e. The van der Waals surface area contributed by atoms with Crippen LogP contribution >= 0.6 is 0 Å². The first-order valence-corrected chi connectivity index (χ1v) is 7.70. The number of anilines is 1.